The number of amides is 1. The van der Waals surface area contributed by atoms with E-state index in [1.165, 1.54) is 49.7 Å². The number of hydrogen-bond donors (Lipinski definition) is 4. The number of rotatable bonds is 8. The Kier molecular flexibility index (Phi) is 10.2. The lowest BCUT2D eigenvalue weighted by Gasteiger charge is -2.38. The normalized spacial score (nSPS) is 18.8. The molecule has 2 aliphatic rings. The Morgan fingerprint density at radius 3 is 1.60 bits per heavy atom. The lowest BCUT2D eigenvalue weighted by molar-refractivity contribution is 0.0902. The molecule has 0 radical (unpaired) electrons. The van der Waals surface area contributed by atoms with Crippen molar-refractivity contribution in [2.45, 2.75) is 88.4 Å². The fourth-order valence-corrected chi connectivity index (χ4v) is 6.95. The molecule has 2 atom stereocenters. The monoisotopic (exact) mass is 540 g/mol. The molecular formula is C35H48N4O. The second kappa shape index (κ2) is 13.6. The zero-order valence-corrected chi connectivity index (χ0v) is 24.8. The summed E-state index contributed by atoms with van der Waals surface area (Å²) < 4.78 is 0. The molecule has 0 aliphatic heterocycles. The quantitative estimate of drug-likeness (QED) is 0.262. The highest BCUT2D eigenvalue weighted by molar-refractivity contribution is 5.97. The molecule has 5 N–H and O–H groups in total. The predicted molar refractivity (Wildman–Crippen MR) is 166 cm³/mol. The van der Waals surface area contributed by atoms with Gasteiger partial charge in [-0.25, -0.2) is 0 Å². The van der Waals surface area contributed by atoms with E-state index in [-0.39, 0.29) is 29.1 Å². The van der Waals surface area contributed by atoms with E-state index in [1.54, 1.807) is 0 Å². The van der Waals surface area contributed by atoms with Gasteiger partial charge in [0.2, 0.25) is 0 Å². The van der Waals surface area contributed by atoms with Crippen LogP contribution < -0.4 is 21.7 Å². The SMILES string of the molecule is CNC1(C(N)c2ccccc2)CCCC1.CNC1(C(NC(=O)c2c(C)cccc2C)c2ccccc2)CCCC1. The number of nitrogens with two attached hydrogens (primary N) is 1. The van der Waals surface area contributed by atoms with Gasteiger partial charge in [0.1, 0.15) is 0 Å². The topological polar surface area (TPSA) is 79.2 Å². The van der Waals surface area contributed by atoms with Crippen LogP contribution in [0.15, 0.2) is 78.9 Å². The third-order valence-corrected chi connectivity index (χ3v) is 9.41. The van der Waals surface area contributed by atoms with E-state index in [1.807, 2.05) is 70.4 Å². The zero-order valence-electron chi connectivity index (χ0n) is 24.8. The second-order valence-electron chi connectivity index (χ2n) is 11.7. The van der Waals surface area contributed by atoms with Crippen molar-refractivity contribution < 1.29 is 4.79 Å². The van der Waals surface area contributed by atoms with Gasteiger partial charge in [0.15, 0.2) is 0 Å². The van der Waals surface area contributed by atoms with Crippen LogP contribution in [0, 0.1) is 13.8 Å². The third-order valence-electron chi connectivity index (χ3n) is 9.41. The van der Waals surface area contributed by atoms with Crippen LogP contribution in [0.1, 0.15) is 96.1 Å². The van der Waals surface area contributed by atoms with E-state index in [0.717, 1.165) is 29.5 Å². The van der Waals surface area contributed by atoms with E-state index < -0.39 is 0 Å². The largest absolute Gasteiger partial charge is 0.343 e. The Labute approximate surface area is 241 Å². The number of nitrogens with one attached hydrogen (secondary N) is 3. The van der Waals surface area contributed by atoms with Crippen molar-refractivity contribution in [2.75, 3.05) is 14.1 Å². The van der Waals surface area contributed by atoms with Crippen LogP contribution in [0.3, 0.4) is 0 Å². The maximum Gasteiger partial charge on any atom is 0.252 e. The first-order valence-electron chi connectivity index (χ1n) is 15.0. The minimum Gasteiger partial charge on any atom is -0.343 e. The van der Waals surface area contributed by atoms with Gasteiger partial charge in [-0.1, -0.05) is 105 Å². The highest BCUT2D eigenvalue weighted by Crippen LogP contribution is 2.40. The summed E-state index contributed by atoms with van der Waals surface area (Å²) in [4.78, 5) is 13.1. The fourth-order valence-electron chi connectivity index (χ4n) is 6.95. The van der Waals surface area contributed by atoms with E-state index in [4.69, 9.17) is 5.73 Å². The Bertz CT molecular complexity index is 1190. The van der Waals surface area contributed by atoms with Gasteiger partial charge >= 0.3 is 0 Å². The molecule has 0 heterocycles. The van der Waals surface area contributed by atoms with Gasteiger partial charge in [-0.05, 0) is 75.9 Å². The molecule has 2 unspecified atom stereocenters. The molecule has 5 rings (SSSR count). The fraction of sp³-hybridized carbons (Fsp3) is 0.457. The molecule has 40 heavy (non-hydrogen) atoms. The Balaban J connectivity index is 0.000000210. The molecule has 0 bridgehead atoms. The van der Waals surface area contributed by atoms with Gasteiger partial charge in [-0.2, -0.15) is 0 Å². The number of likely N-dealkylation sites (N-methyl/N-ethyl adjacent to an activating group) is 2. The molecule has 3 aromatic rings. The molecule has 5 heteroatoms. The summed E-state index contributed by atoms with van der Waals surface area (Å²) in [6.07, 6.45) is 9.53. The molecule has 0 saturated heterocycles. The molecule has 3 aromatic carbocycles. The molecule has 0 spiro atoms. The molecule has 214 valence electrons. The highest BCUT2D eigenvalue weighted by atomic mass is 16.1. The maximum atomic E-state index is 13.1. The van der Waals surface area contributed by atoms with Crippen molar-refractivity contribution >= 4 is 5.91 Å². The van der Waals surface area contributed by atoms with Gasteiger partial charge in [0.25, 0.3) is 5.91 Å². The van der Waals surface area contributed by atoms with Gasteiger partial charge in [0, 0.05) is 22.7 Å². The average molecular weight is 541 g/mol. The standard InChI is InChI=1S/C22H28N2O.C13H20N2/c1-16-10-9-11-17(2)19(16)21(25)24-20(18-12-5-4-6-13-18)22(23-3)14-7-8-15-22;1-15-13(9-5-6-10-13)12(14)11-7-3-2-4-8-11/h4-6,9-13,20,23H,7-8,14-15H2,1-3H3,(H,24,25);2-4,7-8,12,15H,5-6,9-10,14H2,1H3. The van der Waals surface area contributed by atoms with E-state index >= 15 is 0 Å². The minimum atomic E-state index is -0.0758. The Hall–Kier alpha value is -2.99. The van der Waals surface area contributed by atoms with Crippen LogP contribution in [0.5, 0.6) is 0 Å². The van der Waals surface area contributed by atoms with Crippen molar-refractivity contribution in [1.82, 2.24) is 16.0 Å². The first kappa shape index (κ1) is 30.0. The molecular weight excluding hydrogens is 492 g/mol. The lowest BCUT2D eigenvalue weighted by atomic mass is 9.83. The van der Waals surface area contributed by atoms with Crippen LogP contribution >= 0.6 is 0 Å². The smallest absolute Gasteiger partial charge is 0.252 e. The van der Waals surface area contributed by atoms with Crippen molar-refractivity contribution in [3.8, 4) is 0 Å². The van der Waals surface area contributed by atoms with Gasteiger partial charge < -0.3 is 21.7 Å². The number of hydrogen-bond acceptors (Lipinski definition) is 4. The number of carbonyl (C=O) groups is 1. The van der Waals surface area contributed by atoms with Crippen LogP contribution in [0.4, 0.5) is 0 Å². The van der Waals surface area contributed by atoms with Gasteiger partial charge in [-0.15, -0.1) is 0 Å². The first-order chi connectivity index (χ1) is 19.4. The van der Waals surface area contributed by atoms with E-state index in [9.17, 15) is 4.79 Å². The summed E-state index contributed by atoms with van der Waals surface area (Å²) in [5.74, 6) is 0.0194. The van der Waals surface area contributed by atoms with Crippen LogP contribution in [0.2, 0.25) is 0 Å². The molecule has 2 aliphatic carbocycles. The lowest BCUT2D eigenvalue weighted by Crippen LogP contribution is -2.52. The Morgan fingerprint density at radius 2 is 1.12 bits per heavy atom. The second-order valence-corrected chi connectivity index (χ2v) is 11.7. The minimum absolute atomic E-state index is 0.0194. The summed E-state index contributed by atoms with van der Waals surface area (Å²) in [7, 11) is 4.06. The van der Waals surface area contributed by atoms with E-state index in [0.29, 0.717) is 0 Å². The van der Waals surface area contributed by atoms with Crippen molar-refractivity contribution in [3.05, 3.63) is 107 Å². The van der Waals surface area contributed by atoms with Crippen LogP contribution in [-0.2, 0) is 0 Å². The number of aryl methyl sites for hydroxylation is 2. The van der Waals surface area contributed by atoms with E-state index in [2.05, 4.69) is 52.3 Å². The highest BCUT2D eigenvalue weighted by Gasteiger charge is 2.42. The average Bonchev–Trinajstić information content (AvgIpc) is 3.68. The van der Waals surface area contributed by atoms with Crippen LogP contribution in [-0.4, -0.2) is 31.1 Å². The zero-order chi connectivity index (χ0) is 28.6. The summed E-state index contributed by atoms with van der Waals surface area (Å²) >= 11 is 0. The molecule has 2 fully saturated rings. The van der Waals surface area contributed by atoms with Crippen molar-refractivity contribution in [2.24, 2.45) is 5.73 Å². The maximum absolute atomic E-state index is 13.1. The summed E-state index contributed by atoms with van der Waals surface area (Å²) in [5, 5.41) is 10.4. The van der Waals surface area contributed by atoms with Crippen molar-refractivity contribution in [3.63, 3.8) is 0 Å². The summed E-state index contributed by atoms with van der Waals surface area (Å²) in [6.45, 7) is 4.01. The molecule has 5 nitrogen and oxygen atoms in total. The van der Waals surface area contributed by atoms with Crippen LogP contribution in [0.25, 0.3) is 0 Å². The number of carbonyl (C=O) groups excluding carboxylic acids is 1. The molecule has 0 aromatic heterocycles. The predicted octanol–water partition coefficient (Wildman–Crippen LogP) is 6.53. The Morgan fingerprint density at radius 1 is 0.675 bits per heavy atom. The van der Waals surface area contributed by atoms with Gasteiger partial charge in [0.05, 0.1) is 6.04 Å². The summed E-state index contributed by atoms with van der Waals surface area (Å²) in [6, 6.07) is 26.9. The number of benzene rings is 3. The first-order valence-corrected chi connectivity index (χ1v) is 15.0. The molecule has 2 saturated carbocycles. The third kappa shape index (κ3) is 6.49. The summed E-state index contributed by atoms with van der Waals surface area (Å²) in [5.41, 5.74) is 11.7. The molecule has 1 amide bonds. The van der Waals surface area contributed by atoms with Crippen molar-refractivity contribution in [1.29, 1.82) is 0 Å². The van der Waals surface area contributed by atoms with Gasteiger partial charge in [-0.3, -0.25) is 4.79 Å².